The van der Waals surface area contributed by atoms with Crippen LogP contribution in [0.2, 0.25) is 5.02 Å². The molecule has 1 N–H and O–H groups in total. The second-order valence-corrected chi connectivity index (χ2v) is 10.7. The molecule has 37 heavy (non-hydrogen) atoms. The summed E-state index contributed by atoms with van der Waals surface area (Å²) < 4.78 is 2.23. The summed E-state index contributed by atoms with van der Waals surface area (Å²) in [6.45, 7) is 7.86. The van der Waals surface area contributed by atoms with Crippen LogP contribution in [-0.2, 0) is 25.0 Å². The van der Waals surface area contributed by atoms with Crippen LogP contribution in [0.3, 0.4) is 0 Å². The van der Waals surface area contributed by atoms with Crippen molar-refractivity contribution in [2.45, 2.75) is 44.9 Å². The first-order valence-electron chi connectivity index (χ1n) is 12.7. The topological polar surface area (TPSA) is 56.9 Å². The minimum Gasteiger partial charge on any atom is -0.324 e. The first kappa shape index (κ1) is 25.2. The molecule has 1 unspecified atom stereocenters. The zero-order chi connectivity index (χ0) is 25.8. The monoisotopic (exact) mass is 509 g/mol. The Morgan fingerprint density at radius 2 is 1.89 bits per heavy atom. The van der Waals surface area contributed by atoms with E-state index in [2.05, 4.69) is 76.1 Å². The summed E-state index contributed by atoms with van der Waals surface area (Å²) in [7, 11) is 0. The van der Waals surface area contributed by atoms with E-state index in [4.69, 9.17) is 11.6 Å². The van der Waals surface area contributed by atoms with Crippen LogP contribution in [-0.4, -0.2) is 27.5 Å². The van der Waals surface area contributed by atoms with Crippen LogP contribution in [0.25, 0.3) is 0 Å². The number of nitriles is 1. The molecule has 0 bridgehead atoms. The van der Waals surface area contributed by atoms with Gasteiger partial charge in [-0.15, -0.1) is 0 Å². The van der Waals surface area contributed by atoms with Crippen molar-refractivity contribution in [2.75, 3.05) is 13.1 Å². The molecule has 0 spiro atoms. The predicted octanol–water partition coefficient (Wildman–Crippen LogP) is 6.08. The third-order valence-electron chi connectivity index (χ3n) is 7.43. The van der Waals surface area contributed by atoms with Gasteiger partial charge in [0.1, 0.15) is 0 Å². The molecule has 3 aromatic carbocycles. The summed E-state index contributed by atoms with van der Waals surface area (Å²) in [6, 6.07) is 27.2. The maximum Gasteiger partial charge on any atom is 0.0991 e. The van der Waals surface area contributed by atoms with Gasteiger partial charge in [0.05, 0.1) is 29.2 Å². The third kappa shape index (κ3) is 5.62. The van der Waals surface area contributed by atoms with E-state index in [1.54, 1.807) is 0 Å². The van der Waals surface area contributed by atoms with Gasteiger partial charge in [-0.3, -0.25) is 4.90 Å². The Kier molecular flexibility index (Phi) is 7.43. The highest BCUT2D eigenvalue weighted by Gasteiger charge is 2.27. The number of imidazole rings is 1. The molecule has 0 saturated heterocycles. The minimum atomic E-state index is -0.304. The lowest BCUT2D eigenvalue weighted by atomic mass is 9.93. The highest BCUT2D eigenvalue weighted by atomic mass is 35.5. The SMILES string of the molecule is CC(C)(c1ccc(C#N)cc1)n1cncc1CNC1CN(Cc2cccc(Cl)c2)CCc2ccccc21. The predicted molar refractivity (Wildman–Crippen MR) is 148 cm³/mol. The first-order chi connectivity index (χ1) is 17.9. The first-order valence-corrected chi connectivity index (χ1v) is 13.1. The molecular formula is C31H32ClN5. The van der Waals surface area contributed by atoms with Gasteiger partial charge in [-0.25, -0.2) is 4.98 Å². The van der Waals surface area contributed by atoms with Crippen molar-refractivity contribution in [3.05, 3.63) is 124 Å². The van der Waals surface area contributed by atoms with Crippen molar-refractivity contribution < 1.29 is 0 Å². The van der Waals surface area contributed by atoms with Crippen molar-refractivity contribution in [1.29, 1.82) is 5.26 Å². The van der Waals surface area contributed by atoms with Crippen molar-refractivity contribution in [1.82, 2.24) is 19.8 Å². The van der Waals surface area contributed by atoms with E-state index in [1.807, 2.05) is 48.9 Å². The number of nitrogens with one attached hydrogen (secondary N) is 1. The van der Waals surface area contributed by atoms with E-state index in [0.29, 0.717) is 12.1 Å². The summed E-state index contributed by atoms with van der Waals surface area (Å²) in [4.78, 5) is 7.02. The van der Waals surface area contributed by atoms with E-state index in [9.17, 15) is 5.26 Å². The number of benzene rings is 3. The molecule has 5 rings (SSSR count). The fourth-order valence-corrected chi connectivity index (χ4v) is 5.53. The van der Waals surface area contributed by atoms with Crippen molar-refractivity contribution in [2.24, 2.45) is 0 Å². The number of nitrogens with zero attached hydrogens (tertiary/aromatic N) is 4. The van der Waals surface area contributed by atoms with Crippen LogP contribution in [0.4, 0.5) is 0 Å². The number of hydrogen-bond acceptors (Lipinski definition) is 4. The van der Waals surface area contributed by atoms with Gasteiger partial charge in [0.2, 0.25) is 0 Å². The summed E-state index contributed by atoms with van der Waals surface area (Å²) >= 11 is 6.26. The maximum atomic E-state index is 9.17. The van der Waals surface area contributed by atoms with E-state index < -0.39 is 0 Å². The Labute approximate surface area is 224 Å². The molecule has 0 fully saturated rings. The Morgan fingerprint density at radius 3 is 2.68 bits per heavy atom. The fourth-order valence-electron chi connectivity index (χ4n) is 5.32. The highest BCUT2D eigenvalue weighted by molar-refractivity contribution is 6.30. The lowest BCUT2D eigenvalue weighted by molar-refractivity contribution is 0.244. The van der Waals surface area contributed by atoms with E-state index in [1.165, 1.54) is 16.7 Å². The van der Waals surface area contributed by atoms with Gasteiger partial charge in [-0.05, 0) is 66.8 Å². The summed E-state index contributed by atoms with van der Waals surface area (Å²) in [5.74, 6) is 0. The Bertz CT molecular complexity index is 1400. The molecule has 188 valence electrons. The second kappa shape index (κ2) is 10.9. The fraction of sp³-hybridized carbons (Fsp3) is 0.290. The van der Waals surface area contributed by atoms with Gasteiger partial charge in [0.15, 0.2) is 0 Å². The lowest BCUT2D eigenvalue weighted by Crippen LogP contribution is -2.35. The van der Waals surface area contributed by atoms with Crippen molar-refractivity contribution in [3.8, 4) is 6.07 Å². The molecular weight excluding hydrogens is 478 g/mol. The van der Waals surface area contributed by atoms with Crippen LogP contribution in [0, 0.1) is 11.3 Å². The highest BCUT2D eigenvalue weighted by Crippen LogP contribution is 2.29. The summed E-state index contributed by atoms with van der Waals surface area (Å²) in [5, 5.41) is 13.8. The van der Waals surface area contributed by atoms with Crippen molar-refractivity contribution in [3.63, 3.8) is 0 Å². The number of rotatable bonds is 7. The normalized spacial score (nSPS) is 16.1. The molecule has 2 heterocycles. The minimum absolute atomic E-state index is 0.194. The largest absolute Gasteiger partial charge is 0.324 e. The lowest BCUT2D eigenvalue weighted by Gasteiger charge is -2.30. The average molecular weight is 510 g/mol. The molecule has 0 radical (unpaired) electrons. The average Bonchev–Trinajstić information content (AvgIpc) is 3.32. The Morgan fingerprint density at radius 1 is 1.08 bits per heavy atom. The number of halogens is 1. The van der Waals surface area contributed by atoms with Crippen LogP contribution in [0.1, 0.15) is 53.4 Å². The van der Waals surface area contributed by atoms with Crippen molar-refractivity contribution >= 4 is 11.6 Å². The molecule has 1 aliphatic heterocycles. The van der Waals surface area contributed by atoms with E-state index in [0.717, 1.165) is 42.3 Å². The van der Waals surface area contributed by atoms with Crippen LogP contribution >= 0.6 is 11.6 Å². The van der Waals surface area contributed by atoms with Gasteiger partial charge in [-0.2, -0.15) is 5.26 Å². The van der Waals surface area contributed by atoms with Gasteiger partial charge in [-0.1, -0.05) is 60.1 Å². The van der Waals surface area contributed by atoms with Crippen LogP contribution < -0.4 is 5.32 Å². The quantitative estimate of drug-likeness (QED) is 0.328. The second-order valence-electron chi connectivity index (χ2n) is 10.3. The molecule has 6 heteroatoms. The van der Waals surface area contributed by atoms with Gasteiger partial charge in [0.25, 0.3) is 0 Å². The smallest absolute Gasteiger partial charge is 0.0991 e. The van der Waals surface area contributed by atoms with E-state index >= 15 is 0 Å². The molecule has 0 saturated carbocycles. The molecule has 1 aromatic heterocycles. The maximum absolute atomic E-state index is 9.17. The molecule has 5 nitrogen and oxygen atoms in total. The van der Waals surface area contributed by atoms with Gasteiger partial charge >= 0.3 is 0 Å². The van der Waals surface area contributed by atoms with Crippen LogP contribution in [0.5, 0.6) is 0 Å². The molecule has 1 atom stereocenters. The standard InChI is InChI=1S/C31H32ClN5/c1-31(2,26-12-10-23(17-33)11-13-26)37-22-34-18-28(37)19-35-30-21-36(20-24-6-5-8-27(32)16-24)15-14-25-7-3-4-9-29(25)30/h3-13,16,18,22,30,35H,14-15,19-21H2,1-2H3. The van der Waals surface area contributed by atoms with E-state index in [-0.39, 0.29) is 11.6 Å². The number of hydrogen-bond donors (Lipinski definition) is 1. The number of aromatic nitrogens is 2. The molecule has 4 aromatic rings. The number of fused-ring (bicyclic) bond motifs is 1. The Hall–Kier alpha value is -3.43. The van der Waals surface area contributed by atoms with Gasteiger partial charge in [0, 0.05) is 43.4 Å². The molecule has 0 amide bonds. The molecule has 1 aliphatic rings. The van der Waals surface area contributed by atoms with Crippen LogP contribution in [0.15, 0.2) is 85.3 Å². The molecule has 0 aliphatic carbocycles. The summed E-state index contributed by atoms with van der Waals surface area (Å²) in [5.41, 5.74) is 6.63. The third-order valence-corrected chi connectivity index (χ3v) is 7.67. The zero-order valence-electron chi connectivity index (χ0n) is 21.4. The van der Waals surface area contributed by atoms with Gasteiger partial charge < -0.3 is 9.88 Å². The zero-order valence-corrected chi connectivity index (χ0v) is 22.1. The summed E-state index contributed by atoms with van der Waals surface area (Å²) in [6.07, 6.45) is 4.88. The Balaban J connectivity index is 1.36.